The Morgan fingerprint density at radius 1 is 1.44 bits per heavy atom. The van der Waals surface area contributed by atoms with Crippen molar-refractivity contribution in [3.8, 4) is 0 Å². The highest BCUT2D eigenvalue weighted by Gasteiger charge is 2.23. The average Bonchev–Trinajstić information content (AvgIpc) is 2.98. The molecule has 1 aromatic heterocycles. The van der Waals surface area contributed by atoms with Crippen LogP contribution in [0.2, 0.25) is 0 Å². The van der Waals surface area contributed by atoms with E-state index in [2.05, 4.69) is 40.2 Å². The first-order chi connectivity index (χ1) is 8.72. The van der Waals surface area contributed by atoms with Gasteiger partial charge in [-0.3, -0.25) is 4.90 Å². The van der Waals surface area contributed by atoms with E-state index >= 15 is 0 Å². The van der Waals surface area contributed by atoms with Crippen LogP contribution in [0.15, 0.2) is 12.4 Å². The summed E-state index contributed by atoms with van der Waals surface area (Å²) in [6, 6.07) is 0. The highest BCUT2D eigenvalue weighted by atomic mass is 15.2. The normalized spacial score (nSPS) is 21.0. The van der Waals surface area contributed by atoms with E-state index in [0.717, 1.165) is 19.0 Å². The molecule has 102 valence electrons. The third kappa shape index (κ3) is 3.33. The molecule has 0 unspecified atom stereocenters. The molecule has 0 saturated carbocycles. The number of hydrogen-bond acceptors (Lipinski definition) is 3. The Morgan fingerprint density at radius 2 is 2.28 bits per heavy atom. The molecule has 4 heteroatoms. The van der Waals surface area contributed by atoms with Crippen molar-refractivity contribution >= 4 is 0 Å². The van der Waals surface area contributed by atoms with Crippen LogP contribution in [0.3, 0.4) is 0 Å². The standard InChI is InChI=1S/C14H26N4/c1-4-17-8-6-13(10-17)11-18(5-2)12-14-15-7-9-16(14)3/h7,9,13H,4-6,8,10-12H2,1-3H3/t13-/m1/s1. The highest BCUT2D eigenvalue weighted by molar-refractivity contribution is 4.91. The molecule has 1 aromatic rings. The summed E-state index contributed by atoms with van der Waals surface area (Å²) in [5.74, 6) is 2.01. The molecular formula is C14H26N4. The zero-order valence-corrected chi connectivity index (χ0v) is 12.0. The van der Waals surface area contributed by atoms with E-state index in [0.29, 0.717) is 0 Å². The Kier molecular flexibility index (Phi) is 4.78. The molecule has 1 saturated heterocycles. The van der Waals surface area contributed by atoms with Crippen LogP contribution < -0.4 is 0 Å². The molecule has 1 fully saturated rings. The second-order valence-electron chi connectivity index (χ2n) is 5.33. The zero-order valence-electron chi connectivity index (χ0n) is 12.0. The minimum atomic E-state index is 0.838. The minimum Gasteiger partial charge on any atom is -0.337 e. The van der Waals surface area contributed by atoms with Crippen molar-refractivity contribution < 1.29 is 0 Å². The van der Waals surface area contributed by atoms with Gasteiger partial charge in [-0.1, -0.05) is 13.8 Å². The average molecular weight is 250 g/mol. The smallest absolute Gasteiger partial charge is 0.122 e. The van der Waals surface area contributed by atoms with Crippen molar-refractivity contribution in [1.82, 2.24) is 19.4 Å². The maximum Gasteiger partial charge on any atom is 0.122 e. The maximum absolute atomic E-state index is 4.42. The lowest BCUT2D eigenvalue weighted by atomic mass is 10.1. The van der Waals surface area contributed by atoms with Crippen LogP contribution in [0.25, 0.3) is 0 Å². The van der Waals surface area contributed by atoms with Gasteiger partial charge in [0.05, 0.1) is 6.54 Å². The largest absolute Gasteiger partial charge is 0.337 e. The first-order valence-electron chi connectivity index (χ1n) is 7.13. The first kappa shape index (κ1) is 13.6. The monoisotopic (exact) mass is 250 g/mol. The first-order valence-corrected chi connectivity index (χ1v) is 7.13. The van der Waals surface area contributed by atoms with Crippen LogP contribution in [0.4, 0.5) is 0 Å². The summed E-state index contributed by atoms with van der Waals surface area (Å²) in [5, 5.41) is 0. The molecule has 0 bridgehead atoms. The van der Waals surface area contributed by atoms with Crippen molar-refractivity contribution in [3.63, 3.8) is 0 Å². The van der Waals surface area contributed by atoms with Gasteiger partial charge in [-0.05, 0) is 32.0 Å². The molecular weight excluding hydrogens is 224 g/mol. The van der Waals surface area contributed by atoms with Gasteiger partial charge in [0.1, 0.15) is 5.82 Å². The van der Waals surface area contributed by atoms with Crippen molar-refractivity contribution in [2.24, 2.45) is 13.0 Å². The van der Waals surface area contributed by atoms with Crippen molar-refractivity contribution in [2.75, 3.05) is 32.7 Å². The molecule has 1 aliphatic heterocycles. The van der Waals surface area contributed by atoms with Gasteiger partial charge >= 0.3 is 0 Å². The molecule has 0 amide bonds. The lowest BCUT2D eigenvalue weighted by Crippen LogP contribution is -2.31. The van der Waals surface area contributed by atoms with Crippen molar-refractivity contribution in [2.45, 2.75) is 26.8 Å². The van der Waals surface area contributed by atoms with Gasteiger partial charge in [0.2, 0.25) is 0 Å². The number of rotatable bonds is 6. The number of imidazole rings is 1. The molecule has 2 rings (SSSR count). The van der Waals surface area contributed by atoms with Crippen LogP contribution in [0, 0.1) is 5.92 Å². The van der Waals surface area contributed by atoms with E-state index in [4.69, 9.17) is 0 Å². The summed E-state index contributed by atoms with van der Waals surface area (Å²) in [5.41, 5.74) is 0. The van der Waals surface area contributed by atoms with Gasteiger partial charge in [0.25, 0.3) is 0 Å². The lowest BCUT2D eigenvalue weighted by molar-refractivity contribution is 0.223. The molecule has 1 atom stereocenters. The Morgan fingerprint density at radius 3 is 2.83 bits per heavy atom. The summed E-state index contributed by atoms with van der Waals surface area (Å²) >= 11 is 0. The Hall–Kier alpha value is -0.870. The van der Waals surface area contributed by atoms with Gasteiger partial charge in [-0.2, -0.15) is 0 Å². The number of hydrogen-bond donors (Lipinski definition) is 0. The van der Waals surface area contributed by atoms with E-state index in [1.807, 2.05) is 12.4 Å². The summed E-state index contributed by atoms with van der Waals surface area (Å²) in [6.07, 6.45) is 5.26. The molecule has 18 heavy (non-hydrogen) atoms. The molecule has 0 aliphatic carbocycles. The molecule has 0 N–H and O–H groups in total. The number of aromatic nitrogens is 2. The van der Waals surface area contributed by atoms with Gasteiger partial charge in [-0.25, -0.2) is 4.98 Å². The van der Waals surface area contributed by atoms with Gasteiger partial charge in [-0.15, -0.1) is 0 Å². The Balaban J connectivity index is 1.84. The second kappa shape index (κ2) is 6.34. The Labute approximate surface area is 111 Å². The van der Waals surface area contributed by atoms with Crippen LogP contribution in [0.5, 0.6) is 0 Å². The maximum atomic E-state index is 4.42. The predicted octanol–water partition coefficient (Wildman–Crippen LogP) is 1.58. The third-order valence-electron chi connectivity index (χ3n) is 4.07. The van der Waals surface area contributed by atoms with E-state index in [1.165, 1.54) is 38.4 Å². The summed E-state index contributed by atoms with van der Waals surface area (Å²) in [6.45, 7) is 11.5. The summed E-state index contributed by atoms with van der Waals surface area (Å²) in [7, 11) is 2.07. The quantitative estimate of drug-likeness (QED) is 0.766. The zero-order chi connectivity index (χ0) is 13.0. The van der Waals surface area contributed by atoms with Crippen LogP contribution in [0.1, 0.15) is 26.1 Å². The van der Waals surface area contributed by atoms with Crippen LogP contribution in [-0.2, 0) is 13.6 Å². The molecule has 0 aromatic carbocycles. The molecule has 2 heterocycles. The fourth-order valence-corrected chi connectivity index (χ4v) is 2.77. The third-order valence-corrected chi connectivity index (χ3v) is 4.07. The van der Waals surface area contributed by atoms with Crippen LogP contribution >= 0.6 is 0 Å². The Bertz CT molecular complexity index is 360. The fourth-order valence-electron chi connectivity index (χ4n) is 2.77. The molecule has 1 aliphatic rings. The highest BCUT2D eigenvalue weighted by Crippen LogP contribution is 2.17. The summed E-state index contributed by atoms with van der Waals surface area (Å²) < 4.78 is 2.12. The molecule has 0 spiro atoms. The van der Waals surface area contributed by atoms with E-state index in [-0.39, 0.29) is 0 Å². The minimum absolute atomic E-state index is 0.838. The van der Waals surface area contributed by atoms with Gasteiger partial charge in [0, 0.05) is 32.5 Å². The lowest BCUT2D eigenvalue weighted by Gasteiger charge is -2.23. The van der Waals surface area contributed by atoms with Gasteiger partial charge in [0.15, 0.2) is 0 Å². The second-order valence-corrected chi connectivity index (χ2v) is 5.33. The molecule has 0 radical (unpaired) electrons. The predicted molar refractivity (Wildman–Crippen MR) is 74.4 cm³/mol. The fraction of sp³-hybridized carbons (Fsp3) is 0.786. The van der Waals surface area contributed by atoms with Crippen molar-refractivity contribution in [3.05, 3.63) is 18.2 Å². The van der Waals surface area contributed by atoms with Gasteiger partial charge < -0.3 is 9.47 Å². The number of aryl methyl sites for hydroxylation is 1. The van der Waals surface area contributed by atoms with E-state index in [1.54, 1.807) is 0 Å². The number of likely N-dealkylation sites (tertiary alicyclic amines) is 1. The number of nitrogens with zero attached hydrogens (tertiary/aromatic N) is 4. The van der Waals surface area contributed by atoms with Crippen LogP contribution in [-0.4, -0.2) is 52.1 Å². The topological polar surface area (TPSA) is 24.3 Å². The van der Waals surface area contributed by atoms with E-state index < -0.39 is 0 Å². The SMILES string of the molecule is CCN1CC[C@@H](CN(CC)Cc2nccn2C)C1. The van der Waals surface area contributed by atoms with E-state index in [9.17, 15) is 0 Å². The van der Waals surface area contributed by atoms with Crippen molar-refractivity contribution in [1.29, 1.82) is 0 Å². The summed E-state index contributed by atoms with van der Waals surface area (Å²) in [4.78, 5) is 9.49. The molecule has 4 nitrogen and oxygen atoms in total.